The van der Waals surface area contributed by atoms with Crippen LogP contribution in [0, 0.1) is 6.92 Å². The van der Waals surface area contributed by atoms with Gasteiger partial charge in [0.25, 0.3) is 0 Å². The summed E-state index contributed by atoms with van der Waals surface area (Å²) in [6.07, 6.45) is 0.829. The molecule has 0 unspecified atom stereocenters. The van der Waals surface area contributed by atoms with Gasteiger partial charge in [0.05, 0.1) is 5.75 Å². The number of halogens is 1. The van der Waals surface area contributed by atoms with E-state index in [1.54, 1.807) is 12.1 Å². The molecule has 1 aromatic carbocycles. The molecule has 1 aromatic heterocycles. The predicted molar refractivity (Wildman–Crippen MR) is 90.6 cm³/mol. The summed E-state index contributed by atoms with van der Waals surface area (Å²) in [4.78, 5) is 12.1. The van der Waals surface area contributed by atoms with Crippen molar-refractivity contribution in [2.24, 2.45) is 0 Å². The molecule has 0 aliphatic heterocycles. The molecular formula is C15H19ClN4OS. The summed E-state index contributed by atoms with van der Waals surface area (Å²) in [5.41, 5.74) is 1.72. The van der Waals surface area contributed by atoms with Crippen molar-refractivity contribution in [2.45, 2.75) is 38.9 Å². The molecule has 1 heterocycles. The number of thioether (sulfide) groups is 1. The number of hydrogen-bond donors (Lipinski definition) is 1. The van der Waals surface area contributed by atoms with E-state index in [0.717, 1.165) is 35.2 Å². The molecule has 0 aliphatic rings. The minimum Gasteiger partial charge on any atom is -0.325 e. The lowest BCUT2D eigenvalue weighted by atomic mass is 10.2. The van der Waals surface area contributed by atoms with E-state index in [9.17, 15) is 4.79 Å². The second-order valence-corrected chi connectivity index (χ2v) is 6.17. The molecule has 0 atom stereocenters. The van der Waals surface area contributed by atoms with Gasteiger partial charge in [-0.2, -0.15) is 0 Å². The number of nitrogens with zero attached hydrogens (tertiary/aromatic N) is 3. The molecule has 0 radical (unpaired) electrons. The number of aryl methyl sites for hydroxylation is 2. The normalized spacial score (nSPS) is 10.7. The minimum absolute atomic E-state index is 0.0842. The average Bonchev–Trinajstić information content (AvgIpc) is 2.90. The van der Waals surface area contributed by atoms with Crippen LogP contribution in [-0.2, 0) is 17.8 Å². The SMILES string of the molecule is CCc1nnc(SCC(=O)Nc2cc(Cl)ccc2C)n1CC. The van der Waals surface area contributed by atoms with Gasteiger partial charge in [0, 0.05) is 23.7 Å². The first kappa shape index (κ1) is 16.8. The Morgan fingerprint density at radius 3 is 2.82 bits per heavy atom. The summed E-state index contributed by atoms with van der Waals surface area (Å²) in [6.45, 7) is 6.81. The Bertz CT molecular complexity index is 672. The number of carbonyl (C=O) groups is 1. The van der Waals surface area contributed by atoms with E-state index in [1.807, 2.05) is 31.4 Å². The Morgan fingerprint density at radius 2 is 2.14 bits per heavy atom. The van der Waals surface area contributed by atoms with Crippen LogP contribution in [-0.4, -0.2) is 26.4 Å². The fourth-order valence-electron chi connectivity index (χ4n) is 2.05. The van der Waals surface area contributed by atoms with E-state index in [1.165, 1.54) is 11.8 Å². The monoisotopic (exact) mass is 338 g/mol. The zero-order valence-electron chi connectivity index (χ0n) is 12.9. The van der Waals surface area contributed by atoms with Crippen LogP contribution in [0.2, 0.25) is 5.02 Å². The first-order chi connectivity index (χ1) is 10.5. The third-order valence-electron chi connectivity index (χ3n) is 3.23. The number of amides is 1. The molecule has 2 rings (SSSR count). The van der Waals surface area contributed by atoms with E-state index in [2.05, 4.69) is 15.5 Å². The van der Waals surface area contributed by atoms with Crippen molar-refractivity contribution in [2.75, 3.05) is 11.1 Å². The number of rotatable bonds is 6. The van der Waals surface area contributed by atoms with Gasteiger partial charge in [-0.15, -0.1) is 10.2 Å². The van der Waals surface area contributed by atoms with Gasteiger partial charge >= 0.3 is 0 Å². The van der Waals surface area contributed by atoms with Gasteiger partial charge in [0.2, 0.25) is 5.91 Å². The number of benzene rings is 1. The van der Waals surface area contributed by atoms with Gasteiger partial charge in [0.15, 0.2) is 5.16 Å². The molecule has 0 fully saturated rings. The second kappa shape index (κ2) is 7.65. The van der Waals surface area contributed by atoms with Gasteiger partial charge < -0.3 is 9.88 Å². The van der Waals surface area contributed by atoms with Crippen molar-refractivity contribution >= 4 is 35.0 Å². The fraction of sp³-hybridized carbons (Fsp3) is 0.400. The smallest absolute Gasteiger partial charge is 0.234 e. The Balaban J connectivity index is 1.98. The molecular weight excluding hydrogens is 320 g/mol. The second-order valence-electron chi connectivity index (χ2n) is 4.79. The van der Waals surface area contributed by atoms with Crippen LogP contribution in [0.4, 0.5) is 5.69 Å². The van der Waals surface area contributed by atoms with Crippen molar-refractivity contribution in [3.05, 3.63) is 34.6 Å². The van der Waals surface area contributed by atoms with Gasteiger partial charge in [-0.3, -0.25) is 4.79 Å². The van der Waals surface area contributed by atoms with Crippen LogP contribution >= 0.6 is 23.4 Å². The lowest BCUT2D eigenvalue weighted by molar-refractivity contribution is -0.113. The number of aromatic nitrogens is 3. The Labute approximate surface area is 139 Å². The summed E-state index contributed by atoms with van der Waals surface area (Å²) < 4.78 is 2.03. The standard InChI is InChI=1S/C15H19ClN4OS/c1-4-13-18-19-15(20(13)5-2)22-9-14(21)17-12-8-11(16)7-6-10(12)3/h6-8H,4-5,9H2,1-3H3,(H,17,21). The maximum absolute atomic E-state index is 12.1. The third-order valence-corrected chi connectivity index (χ3v) is 4.43. The molecule has 2 aromatic rings. The quantitative estimate of drug-likeness (QED) is 0.818. The van der Waals surface area contributed by atoms with E-state index in [0.29, 0.717) is 5.02 Å². The molecule has 5 nitrogen and oxygen atoms in total. The van der Waals surface area contributed by atoms with Gasteiger partial charge in [-0.05, 0) is 31.5 Å². The maximum Gasteiger partial charge on any atom is 0.234 e. The third kappa shape index (κ3) is 4.01. The Hall–Kier alpha value is -1.53. The van der Waals surface area contributed by atoms with Crippen molar-refractivity contribution in [3.8, 4) is 0 Å². The molecule has 0 saturated carbocycles. The van der Waals surface area contributed by atoms with E-state index in [4.69, 9.17) is 11.6 Å². The Morgan fingerprint density at radius 1 is 1.36 bits per heavy atom. The number of hydrogen-bond acceptors (Lipinski definition) is 4. The molecule has 22 heavy (non-hydrogen) atoms. The van der Waals surface area contributed by atoms with Crippen LogP contribution < -0.4 is 5.32 Å². The highest BCUT2D eigenvalue weighted by Crippen LogP contribution is 2.21. The minimum atomic E-state index is -0.0842. The first-order valence-electron chi connectivity index (χ1n) is 7.16. The van der Waals surface area contributed by atoms with Crippen molar-refractivity contribution < 1.29 is 4.79 Å². The number of carbonyl (C=O) groups excluding carboxylic acids is 1. The average molecular weight is 339 g/mol. The number of nitrogens with one attached hydrogen (secondary N) is 1. The molecule has 118 valence electrons. The highest BCUT2D eigenvalue weighted by molar-refractivity contribution is 7.99. The van der Waals surface area contributed by atoms with Crippen LogP contribution in [0.5, 0.6) is 0 Å². The molecule has 7 heteroatoms. The van der Waals surface area contributed by atoms with Crippen LogP contribution in [0.25, 0.3) is 0 Å². The zero-order valence-corrected chi connectivity index (χ0v) is 14.5. The predicted octanol–water partition coefficient (Wildman–Crippen LogP) is 3.55. The summed E-state index contributed by atoms with van der Waals surface area (Å²) in [5.74, 6) is 1.14. The topological polar surface area (TPSA) is 59.8 Å². The zero-order chi connectivity index (χ0) is 16.1. The van der Waals surface area contributed by atoms with Crippen molar-refractivity contribution in [3.63, 3.8) is 0 Å². The van der Waals surface area contributed by atoms with Crippen molar-refractivity contribution in [1.82, 2.24) is 14.8 Å². The van der Waals surface area contributed by atoms with Crippen LogP contribution in [0.3, 0.4) is 0 Å². The Kier molecular flexibility index (Phi) is 5.85. The maximum atomic E-state index is 12.1. The van der Waals surface area contributed by atoms with E-state index < -0.39 is 0 Å². The number of anilines is 1. The van der Waals surface area contributed by atoms with Gasteiger partial charge in [0.1, 0.15) is 5.82 Å². The molecule has 0 aliphatic carbocycles. The molecule has 0 bridgehead atoms. The van der Waals surface area contributed by atoms with Crippen LogP contribution in [0.1, 0.15) is 25.2 Å². The lowest BCUT2D eigenvalue weighted by Gasteiger charge is -2.09. The molecule has 1 amide bonds. The van der Waals surface area contributed by atoms with E-state index >= 15 is 0 Å². The lowest BCUT2D eigenvalue weighted by Crippen LogP contribution is -2.15. The molecule has 0 spiro atoms. The van der Waals surface area contributed by atoms with Crippen LogP contribution in [0.15, 0.2) is 23.4 Å². The highest BCUT2D eigenvalue weighted by atomic mass is 35.5. The van der Waals surface area contributed by atoms with Gasteiger partial charge in [-0.25, -0.2) is 0 Å². The summed E-state index contributed by atoms with van der Waals surface area (Å²) in [6, 6.07) is 5.44. The molecule has 0 saturated heterocycles. The van der Waals surface area contributed by atoms with Crippen molar-refractivity contribution in [1.29, 1.82) is 0 Å². The molecule has 1 N–H and O–H groups in total. The largest absolute Gasteiger partial charge is 0.325 e. The highest BCUT2D eigenvalue weighted by Gasteiger charge is 2.12. The summed E-state index contributed by atoms with van der Waals surface area (Å²) >= 11 is 7.34. The van der Waals surface area contributed by atoms with E-state index in [-0.39, 0.29) is 11.7 Å². The fourth-order valence-corrected chi connectivity index (χ4v) is 3.04. The van der Waals surface area contributed by atoms with Gasteiger partial charge in [-0.1, -0.05) is 36.4 Å². The first-order valence-corrected chi connectivity index (χ1v) is 8.52. The summed E-state index contributed by atoms with van der Waals surface area (Å²) in [5, 5.41) is 12.5. The summed E-state index contributed by atoms with van der Waals surface area (Å²) in [7, 11) is 0.